The van der Waals surface area contributed by atoms with Crippen LogP contribution in [0.1, 0.15) is 10.4 Å². The van der Waals surface area contributed by atoms with Crippen LogP contribution in [0.25, 0.3) is 11.1 Å². The van der Waals surface area contributed by atoms with Crippen molar-refractivity contribution in [2.24, 2.45) is 5.73 Å². The van der Waals surface area contributed by atoms with E-state index < -0.39 is 5.91 Å². The summed E-state index contributed by atoms with van der Waals surface area (Å²) in [7, 11) is 0. The van der Waals surface area contributed by atoms with Crippen LogP contribution in [-0.4, -0.2) is 16.2 Å². The Morgan fingerprint density at radius 2 is 2.19 bits per heavy atom. The van der Waals surface area contributed by atoms with Crippen molar-refractivity contribution in [2.75, 3.05) is 0 Å². The molecule has 0 spiro atoms. The number of amides is 1. The molecule has 3 N–H and O–H groups in total. The molecule has 0 atom stereocenters. The van der Waals surface area contributed by atoms with E-state index in [1.807, 2.05) is 0 Å². The number of carbonyl (C=O) groups excluding carboxylic acids is 1. The molecule has 16 heavy (non-hydrogen) atoms. The molecule has 0 radical (unpaired) electrons. The summed E-state index contributed by atoms with van der Waals surface area (Å²) in [4.78, 5) is 11.7. The maximum atomic E-state index is 11.7. The third kappa shape index (κ3) is 1.82. The number of nitrogens with two attached hydrogens (primary N) is 1. The van der Waals surface area contributed by atoms with Crippen molar-refractivity contribution < 1.29 is 10.0 Å². The second-order valence-electron chi connectivity index (χ2n) is 3.35. The van der Waals surface area contributed by atoms with Crippen LogP contribution in [-0.2, 0) is 0 Å². The lowest BCUT2D eigenvalue weighted by molar-refractivity contribution is -0.0200. The number of carbonyl (C=O) groups is 1. The molecule has 0 aromatic heterocycles. The van der Waals surface area contributed by atoms with Gasteiger partial charge in [0.05, 0.1) is 10.6 Å². The van der Waals surface area contributed by atoms with E-state index in [-0.39, 0.29) is 0 Å². The predicted molar refractivity (Wildman–Crippen MR) is 63.8 cm³/mol. The lowest BCUT2D eigenvalue weighted by Crippen LogP contribution is -2.28. The van der Waals surface area contributed by atoms with Gasteiger partial charge in [0.2, 0.25) is 0 Å². The minimum Gasteiger partial charge on any atom is -0.393 e. The highest BCUT2D eigenvalue weighted by Gasteiger charge is 2.14. The molecule has 1 heterocycles. The first-order valence-electron chi connectivity index (χ1n) is 4.59. The van der Waals surface area contributed by atoms with Crippen LogP contribution in [0, 0.1) is 0 Å². The summed E-state index contributed by atoms with van der Waals surface area (Å²) in [5, 5.41) is 11.6. The SMILES string of the molecule is NC(S)=c1ccc2c(c1)C(=O)N(O)C=CC=2. The molecule has 1 aromatic carbocycles. The van der Waals surface area contributed by atoms with E-state index in [0.717, 1.165) is 5.22 Å². The minimum atomic E-state index is -0.489. The maximum absolute atomic E-state index is 11.7. The van der Waals surface area contributed by atoms with Crippen LogP contribution in [0.15, 0.2) is 30.5 Å². The highest BCUT2D eigenvalue weighted by atomic mass is 32.1. The molecule has 5 heteroatoms. The summed E-state index contributed by atoms with van der Waals surface area (Å²) in [5.74, 6) is -0.489. The van der Waals surface area contributed by atoms with Gasteiger partial charge in [0, 0.05) is 11.4 Å². The third-order valence-electron chi connectivity index (χ3n) is 2.29. The lowest BCUT2D eigenvalue weighted by atomic mass is 10.1. The van der Waals surface area contributed by atoms with Gasteiger partial charge in [0.15, 0.2) is 0 Å². The van der Waals surface area contributed by atoms with Crippen molar-refractivity contribution in [1.29, 1.82) is 0 Å². The summed E-state index contributed by atoms with van der Waals surface area (Å²) >= 11 is 4.02. The summed E-state index contributed by atoms with van der Waals surface area (Å²) < 4.78 is 0. The van der Waals surface area contributed by atoms with Gasteiger partial charge >= 0.3 is 0 Å². The van der Waals surface area contributed by atoms with E-state index >= 15 is 0 Å². The summed E-state index contributed by atoms with van der Waals surface area (Å²) in [6.45, 7) is 0. The van der Waals surface area contributed by atoms with E-state index in [0.29, 0.717) is 20.9 Å². The number of nitrogens with zero attached hydrogens (tertiary/aromatic N) is 1. The molecule has 82 valence electrons. The minimum absolute atomic E-state index is 0.331. The monoisotopic (exact) mass is 234 g/mol. The number of hydrogen-bond donors (Lipinski definition) is 3. The smallest absolute Gasteiger partial charge is 0.282 e. The maximum Gasteiger partial charge on any atom is 0.282 e. The molecule has 1 aliphatic heterocycles. The lowest BCUT2D eigenvalue weighted by Gasteiger charge is -2.08. The Kier molecular flexibility index (Phi) is 2.72. The number of benzene rings is 1. The molecule has 0 bridgehead atoms. The first kappa shape index (κ1) is 10.8. The van der Waals surface area contributed by atoms with Gasteiger partial charge in [-0.15, -0.1) is 12.6 Å². The molecular weight excluding hydrogens is 224 g/mol. The van der Waals surface area contributed by atoms with Crippen molar-refractivity contribution in [3.63, 3.8) is 0 Å². The Morgan fingerprint density at radius 3 is 2.88 bits per heavy atom. The summed E-state index contributed by atoms with van der Waals surface area (Å²) in [6, 6.07) is 5.13. The van der Waals surface area contributed by atoms with Crippen LogP contribution < -0.4 is 16.2 Å². The van der Waals surface area contributed by atoms with Crippen molar-refractivity contribution in [1.82, 2.24) is 5.06 Å². The van der Waals surface area contributed by atoms with Gasteiger partial charge in [-0.05, 0) is 17.4 Å². The molecule has 0 saturated carbocycles. The van der Waals surface area contributed by atoms with Crippen molar-refractivity contribution >= 4 is 29.6 Å². The molecule has 1 aromatic rings. The van der Waals surface area contributed by atoms with Gasteiger partial charge in [-0.25, -0.2) is 0 Å². The van der Waals surface area contributed by atoms with Gasteiger partial charge in [0.25, 0.3) is 5.91 Å². The number of thiol groups is 1. The number of rotatable bonds is 0. The fraction of sp³-hybridized carbons (Fsp3) is 0. The molecule has 2 rings (SSSR count). The van der Waals surface area contributed by atoms with Crippen LogP contribution >= 0.6 is 12.6 Å². The Balaban J connectivity index is 2.76. The number of hydroxylamine groups is 2. The summed E-state index contributed by atoms with van der Waals surface area (Å²) in [5.41, 5.74) is 5.92. The Morgan fingerprint density at radius 1 is 1.44 bits per heavy atom. The van der Waals surface area contributed by atoms with Crippen LogP contribution in [0.3, 0.4) is 0 Å². The predicted octanol–water partition coefficient (Wildman–Crippen LogP) is -0.220. The first-order valence-corrected chi connectivity index (χ1v) is 5.04. The zero-order chi connectivity index (χ0) is 11.7. The molecule has 4 nitrogen and oxygen atoms in total. The quantitative estimate of drug-likeness (QED) is 0.429. The topological polar surface area (TPSA) is 66.6 Å². The number of allylic oxidation sites excluding steroid dienone is 1. The highest BCUT2D eigenvalue weighted by molar-refractivity contribution is 7.89. The Bertz CT molecular complexity index is 588. The summed E-state index contributed by atoms with van der Waals surface area (Å²) in [6.07, 6.45) is 4.62. The second-order valence-corrected chi connectivity index (χ2v) is 3.83. The zero-order valence-corrected chi connectivity index (χ0v) is 9.19. The average molecular weight is 234 g/mol. The number of fused-ring (bicyclic) bond motifs is 1. The zero-order valence-electron chi connectivity index (χ0n) is 8.29. The fourth-order valence-electron chi connectivity index (χ4n) is 1.47. The van der Waals surface area contributed by atoms with Crippen LogP contribution in [0.4, 0.5) is 0 Å². The Hall–Kier alpha value is -1.72. The first-order chi connectivity index (χ1) is 7.59. The molecule has 1 aliphatic rings. The van der Waals surface area contributed by atoms with Crippen molar-refractivity contribution in [3.8, 4) is 0 Å². The molecule has 0 aliphatic carbocycles. The van der Waals surface area contributed by atoms with Crippen molar-refractivity contribution in [2.45, 2.75) is 0 Å². The van der Waals surface area contributed by atoms with Crippen LogP contribution in [0.5, 0.6) is 0 Å². The van der Waals surface area contributed by atoms with Gasteiger partial charge in [-0.1, -0.05) is 18.2 Å². The van der Waals surface area contributed by atoms with E-state index in [2.05, 4.69) is 12.6 Å². The molecular formula is C11H10N2O2S. The standard InChI is InChI=1S/C11H10N2O2S/c12-10(16)8-4-3-7-2-1-5-13(15)11(14)9(7)6-8/h1-6,15-16H,12H2. The molecule has 0 unspecified atom stereocenters. The van der Waals surface area contributed by atoms with Crippen molar-refractivity contribution in [3.05, 3.63) is 46.5 Å². The van der Waals surface area contributed by atoms with E-state index in [9.17, 15) is 10.0 Å². The average Bonchev–Trinajstić information content (AvgIpc) is 2.40. The molecule has 0 fully saturated rings. The van der Waals surface area contributed by atoms with E-state index in [1.165, 1.54) is 6.20 Å². The third-order valence-corrected chi connectivity index (χ3v) is 2.55. The molecule has 0 saturated heterocycles. The number of hydrogen-bond acceptors (Lipinski definition) is 4. The fourth-order valence-corrected chi connectivity index (χ4v) is 1.60. The van der Waals surface area contributed by atoms with Gasteiger partial charge < -0.3 is 5.73 Å². The van der Waals surface area contributed by atoms with E-state index in [1.54, 1.807) is 30.4 Å². The molecule has 1 amide bonds. The van der Waals surface area contributed by atoms with E-state index in [4.69, 9.17) is 5.73 Å². The second kappa shape index (κ2) is 4.03. The Labute approximate surface area is 97.3 Å². The largest absolute Gasteiger partial charge is 0.393 e. The highest BCUT2D eigenvalue weighted by Crippen LogP contribution is 2.01. The van der Waals surface area contributed by atoms with Crippen LogP contribution in [0.2, 0.25) is 0 Å². The van der Waals surface area contributed by atoms with Gasteiger partial charge in [-0.3, -0.25) is 10.0 Å². The van der Waals surface area contributed by atoms with Gasteiger partial charge in [-0.2, -0.15) is 5.06 Å². The van der Waals surface area contributed by atoms with Gasteiger partial charge in [0.1, 0.15) is 0 Å². The normalized spacial score (nSPS) is 16.4.